The molecule has 2 rings (SSSR count). The van der Waals surface area contributed by atoms with Crippen molar-refractivity contribution >= 4 is 11.8 Å². The topological polar surface area (TPSA) is 15.3 Å². The van der Waals surface area contributed by atoms with Crippen molar-refractivity contribution in [2.45, 2.75) is 70.3 Å². The van der Waals surface area contributed by atoms with Crippen molar-refractivity contribution in [1.29, 1.82) is 0 Å². The second kappa shape index (κ2) is 6.62. The van der Waals surface area contributed by atoms with Gasteiger partial charge in [0.05, 0.1) is 0 Å². The summed E-state index contributed by atoms with van der Waals surface area (Å²) in [6.45, 7) is 11.8. The molecule has 2 fully saturated rings. The Morgan fingerprint density at radius 1 is 1.33 bits per heavy atom. The SMILES string of the molecule is CCSC1CCCC1N1CC(C)NCC1C(C)C. The van der Waals surface area contributed by atoms with Crippen LogP contribution in [0, 0.1) is 5.92 Å². The quantitative estimate of drug-likeness (QED) is 0.845. The molecule has 0 aromatic carbocycles. The Morgan fingerprint density at radius 2 is 2.11 bits per heavy atom. The highest BCUT2D eigenvalue weighted by atomic mass is 32.2. The molecular formula is C15H30N2S. The minimum absolute atomic E-state index is 0.660. The average molecular weight is 270 g/mol. The second-order valence-electron chi connectivity index (χ2n) is 6.31. The van der Waals surface area contributed by atoms with Crippen LogP contribution in [0.25, 0.3) is 0 Å². The van der Waals surface area contributed by atoms with Crippen LogP contribution in [0.3, 0.4) is 0 Å². The lowest BCUT2D eigenvalue weighted by atomic mass is 9.96. The van der Waals surface area contributed by atoms with Crippen molar-refractivity contribution in [1.82, 2.24) is 10.2 Å². The fourth-order valence-corrected chi connectivity index (χ4v) is 4.93. The van der Waals surface area contributed by atoms with Gasteiger partial charge in [0, 0.05) is 36.5 Å². The summed E-state index contributed by atoms with van der Waals surface area (Å²) in [4.78, 5) is 2.85. The maximum Gasteiger partial charge on any atom is 0.0247 e. The van der Waals surface area contributed by atoms with Gasteiger partial charge in [0.25, 0.3) is 0 Å². The zero-order valence-corrected chi connectivity index (χ0v) is 13.3. The molecule has 0 aromatic heterocycles. The summed E-state index contributed by atoms with van der Waals surface area (Å²) < 4.78 is 0. The van der Waals surface area contributed by atoms with Crippen molar-refractivity contribution in [2.24, 2.45) is 5.92 Å². The lowest BCUT2D eigenvalue weighted by Crippen LogP contribution is -2.61. The molecule has 1 saturated carbocycles. The summed E-state index contributed by atoms with van der Waals surface area (Å²) in [7, 11) is 0. The summed E-state index contributed by atoms with van der Waals surface area (Å²) in [6.07, 6.45) is 4.30. The first-order valence-corrected chi connectivity index (χ1v) is 8.79. The van der Waals surface area contributed by atoms with E-state index in [1.807, 2.05) is 0 Å². The highest BCUT2D eigenvalue weighted by Crippen LogP contribution is 2.35. The average Bonchev–Trinajstić information content (AvgIpc) is 2.77. The standard InChI is InChI=1S/C15H30N2S/c1-5-18-15-8-6-7-13(15)17-10-12(4)16-9-14(17)11(2)3/h11-16H,5-10H2,1-4H3. The smallest absolute Gasteiger partial charge is 0.0247 e. The van der Waals surface area contributed by atoms with E-state index in [1.54, 1.807) is 0 Å². The molecule has 106 valence electrons. The number of thioether (sulfide) groups is 1. The Bertz CT molecular complexity index is 257. The van der Waals surface area contributed by atoms with Crippen LogP contribution in [0.5, 0.6) is 0 Å². The van der Waals surface area contributed by atoms with E-state index in [4.69, 9.17) is 0 Å². The first-order valence-electron chi connectivity index (χ1n) is 7.74. The third kappa shape index (κ3) is 3.23. The van der Waals surface area contributed by atoms with E-state index in [0.717, 1.165) is 23.3 Å². The molecule has 0 spiro atoms. The lowest BCUT2D eigenvalue weighted by molar-refractivity contribution is 0.0634. The number of rotatable bonds is 4. The molecule has 0 amide bonds. The minimum atomic E-state index is 0.660. The van der Waals surface area contributed by atoms with Crippen molar-refractivity contribution in [2.75, 3.05) is 18.8 Å². The summed E-state index contributed by atoms with van der Waals surface area (Å²) in [5.41, 5.74) is 0. The zero-order valence-electron chi connectivity index (χ0n) is 12.5. The van der Waals surface area contributed by atoms with Gasteiger partial charge in [0.1, 0.15) is 0 Å². The summed E-state index contributed by atoms with van der Waals surface area (Å²) >= 11 is 2.19. The van der Waals surface area contributed by atoms with Crippen LogP contribution in [0.2, 0.25) is 0 Å². The van der Waals surface area contributed by atoms with Gasteiger partial charge in [-0.3, -0.25) is 4.90 Å². The third-order valence-electron chi connectivity index (χ3n) is 4.58. The van der Waals surface area contributed by atoms with Gasteiger partial charge in [-0.2, -0.15) is 11.8 Å². The van der Waals surface area contributed by atoms with Crippen LogP contribution in [-0.4, -0.2) is 47.1 Å². The number of nitrogens with one attached hydrogen (secondary N) is 1. The van der Waals surface area contributed by atoms with Gasteiger partial charge in [0.2, 0.25) is 0 Å². The largest absolute Gasteiger partial charge is 0.311 e. The van der Waals surface area contributed by atoms with Crippen LogP contribution in [0.15, 0.2) is 0 Å². The maximum atomic E-state index is 3.67. The first-order chi connectivity index (χ1) is 8.63. The van der Waals surface area contributed by atoms with Gasteiger partial charge in [-0.15, -0.1) is 0 Å². The van der Waals surface area contributed by atoms with E-state index < -0.39 is 0 Å². The molecule has 3 heteroatoms. The molecule has 0 bridgehead atoms. The molecular weight excluding hydrogens is 240 g/mol. The lowest BCUT2D eigenvalue weighted by Gasteiger charge is -2.46. The van der Waals surface area contributed by atoms with Crippen molar-refractivity contribution in [3.63, 3.8) is 0 Å². The normalized spacial score (nSPS) is 38.5. The second-order valence-corrected chi connectivity index (χ2v) is 7.83. The number of nitrogens with zero attached hydrogens (tertiary/aromatic N) is 1. The van der Waals surface area contributed by atoms with E-state index >= 15 is 0 Å². The molecule has 1 aliphatic carbocycles. The van der Waals surface area contributed by atoms with Gasteiger partial charge >= 0.3 is 0 Å². The van der Waals surface area contributed by atoms with Crippen LogP contribution in [0.4, 0.5) is 0 Å². The van der Waals surface area contributed by atoms with E-state index in [1.165, 1.54) is 38.1 Å². The minimum Gasteiger partial charge on any atom is -0.311 e. The highest BCUT2D eigenvalue weighted by Gasteiger charge is 2.38. The Morgan fingerprint density at radius 3 is 2.78 bits per heavy atom. The number of piperazine rings is 1. The van der Waals surface area contributed by atoms with Crippen LogP contribution >= 0.6 is 11.8 Å². The van der Waals surface area contributed by atoms with E-state index in [-0.39, 0.29) is 0 Å². The van der Waals surface area contributed by atoms with E-state index in [2.05, 4.69) is 49.7 Å². The summed E-state index contributed by atoms with van der Waals surface area (Å²) in [5, 5.41) is 4.56. The number of hydrogen-bond acceptors (Lipinski definition) is 3. The van der Waals surface area contributed by atoms with Gasteiger partial charge < -0.3 is 5.32 Å². The molecule has 4 unspecified atom stereocenters. The van der Waals surface area contributed by atoms with Crippen molar-refractivity contribution in [3.8, 4) is 0 Å². The molecule has 2 nitrogen and oxygen atoms in total. The summed E-state index contributed by atoms with van der Waals surface area (Å²) in [6, 6.07) is 2.24. The molecule has 1 N–H and O–H groups in total. The van der Waals surface area contributed by atoms with Crippen molar-refractivity contribution < 1.29 is 0 Å². The van der Waals surface area contributed by atoms with Gasteiger partial charge in [-0.1, -0.05) is 27.2 Å². The molecule has 0 aromatic rings. The third-order valence-corrected chi connectivity index (χ3v) is 5.89. The molecule has 0 radical (unpaired) electrons. The number of hydrogen-bond donors (Lipinski definition) is 1. The van der Waals surface area contributed by atoms with Crippen LogP contribution in [-0.2, 0) is 0 Å². The fourth-order valence-electron chi connectivity index (χ4n) is 3.65. The molecule has 1 heterocycles. The Labute approximate surface area is 117 Å². The molecule has 1 aliphatic heterocycles. The monoisotopic (exact) mass is 270 g/mol. The van der Waals surface area contributed by atoms with Crippen molar-refractivity contribution in [3.05, 3.63) is 0 Å². The van der Waals surface area contributed by atoms with Crippen LogP contribution in [0.1, 0.15) is 47.0 Å². The summed E-state index contributed by atoms with van der Waals surface area (Å²) in [5.74, 6) is 2.03. The highest BCUT2D eigenvalue weighted by molar-refractivity contribution is 7.99. The zero-order chi connectivity index (χ0) is 13.1. The van der Waals surface area contributed by atoms with Gasteiger partial charge in [-0.25, -0.2) is 0 Å². The van der Waals surface area contributed by atoms with Crippen LogP contribution < -0.4 is 5.32 Å². The fraction of sp³-hybridized carbons (Fsp3) is 1.00. The molecule has 2 aliphatic rings. The maximum absolute atomic E-state index is 3.67. The van der Waals surface area contributed by atoms with Gasteiger partial charge in [0.15, 0.2) is 0 Å². The van der Waals surface area contributed by atoms with Gasteiger partial charge in [-0.05, 0) is 31.4 Å². The Kier molecular flexibility index (Phi) is 5.40. The first kappa shape index (κ1) is 14.7. The predicted octanol–water partition coefficient (Wildman–Crippen LogP) is 2.98. The van der Waals surface area contributed by atoms with E-state index in [0.29, 0.717) is 6.04 Å². The Balaban J connectivity index is 2.06. The molecule has 1 saturated heterocycles. The molecule has 18 heavy (non-hydrogen) atoms. The predicted molar refractivity (Wildman–Crippen MR) is 82.4 cm³/mol. The van der Waals surface area contributed by atoms with E-state index in [9.17, 15) is 0 Å². The molecule has 4 atom stereocenters. The Hall–Kier alpha value is 0.270.